The van der Waals surface area contributed by atoms with Gasteiger partial charge in [-0.1, -0.05) is 5.16 Å². The third-order valence-corrected chi connectivity index (χ3v) is 4.32. The van der Waals surface area contributed by atoms with Crippen molar-refractivity contribution in [1.82, 2.24) is 15.0 Å². The lowest BCUT2D eigenvalue weighted by Gasteiger charge is -2.42. The Labute approximate surface area is 137 Å². The standard InChI is InChI=1S/C16H27N3O4/c1-16(2)11-19(8-13(22-16)10-20-3)9-14-17-15(23-18-14)12-4-6-21-7-5-12/h12-13H,4-11H2,1-3H3/t13-/m1/s1. The molecule has 0 bridgehead atoms. The molecule has 2 fully saturated rings. The highest BCUT2D eigenvalue weighted by atomic mass is 16.5. The van der Waals surface area contributed by atoms with Crippen LogP contribution < -0.4 is 0 Å². The van der Waals surface area contributed by atoms with E-state index in [-0.39, 0.29) is 11.7 Å². The zero-order valence-corrected chi connectivity index (χ0v) is 14.3. The molecule has 23 heavy (non-hydrogen) atoms. The lowest BCUT2D eigenvalue weighted by molar-refractivity contribution is -0.154. The molecule has 0 aromatic carbocycles. The molecule has 2 saturated heterocycles. The summed E-state index contributed by atoms with van der Waals surface area (Å²) in [5.74, 6) is 1.84. The van der Waals surface area contributed by atoms with Crippen LogP contribution in [0.15, 0.2) is 4.52 Å². The highest BCUT2D eigenvalue weighted by Crippen LogP contribution is 2.26. The van der Waals surface area contributed by atoms with Crippen molar-refractivity contribution in [3.63, 3.8) is 0 Å². The van der Waals surface area contributed by atoms with Crippen LogP contribution in [-0.2, 0) is 20.8 Å². The van der Waals surface area contributed by atoms with Gasteiger partial charge >= 0.3 is 0 Å². The minimum atomic E-state index is -0.200. The minimum Gasteiger partial charge on any atom is -0.382 e. The molecule has 2 aliphatic heterocycles. The van der Waals surface area contributed by atoms with Crippen LogP contribution >= 0.6 is 0 Å². The van der Waals surface area contributed by atoms with Gasteiger partial charge in [0.1, 0.15) is 0 Å². The summed E-state index contributed by atoms with van der Waals surface area (Å²) in [5.41, 5.74) is -0.200. The second kappa shape index (κ2) is 7.25. The van der Waals surface area contributed by atoms with E-state index in [0.29, 0.717) is 19.1 Å². The van der Waals surface area contributed by atoms with Crippen LogP contribution in [0.2, 0.25) is 0 Å². The first-order chi connectivity index (χ1) is 11.1. The number of morpholine rings is 1. The summed E-state index contributed by atoms with van der Waals surface area (Å²) in [7, 11) is 1.70. The molecule has 7 nitrogen and oxygen atoms in total. The third-order valence-electron chi connectivity index (χ3n) is 4.32. The van der Waals surface area contributed by atoms with Crippen molar-refractivity contribution < 1.29 is 18.7 Å². The normalized spacial score (nSPS) is 26.5. The van der Waals surface area contributed by atoms with E-state index >= 15 is 0 Å². The van der Waals surface area contributed by atoms with Crippen molar-refractivity contribution in [3.05, 3.63) is 11.7 Å². The van der Waals surface area contributed by atoms with Gasteiger partial charge in [-0.3, -0.25) is 4.90 Å². The fourth-order valence-corrected chi connectivity index (χ4v) is 3.45. The van der Waals surface area contributed by atoms with E-state index in [9.17, 15) is 0 Å². The first kappa shape index (κ1) is 16.8. The van der Waals surface area contributed by atoms with Gasteiger partial charge in [-0.25, -0.2) is 0 Å². The molecule has 3 rings (SSSR count). The molecule has 0 amide bonds. The molecule has 1 atom stereocenters. The molecule has 0 radical (unpaired) electrons. The number of ether oxygens (including phenoxy) is 3. The summed E-state index contributed by atoms with van der Waals surface area (Å²) in [6, 6.07) is 0. The summed E-state index contributed by atoms with van der Waals surface area (Å²) in [6.45, 7) is 8.69. The van der Waals surface area contributed by atoms with Gasteiger partial charge in [0.15, 0.2) is 5.82 Å². The van der Waals surface area contributed by atoms with Crippen molar-refractivity contribution in [2.24, 2.45) is 0 Å². The Morgan fingerprint density at radius 1 is 1.30 bits per heavy atom. The average Bonchev–Trinajstić information content (AvgIpc) is 2.95. The number of rotatable bonds is 5. The molecule has 0 unspecified atom stereocenters. The molecule has 3 heterocycles. The van der Waals surface area contributed by atoms with Crippen molar-refractivity contribution in [1.29, 1.82) is 0 Å². The van der Waals surface area contributed by atoms with Crippen molar-refractivity contribution in [2.75, 3.05) is 40.0 Å². The Morgan fingerprint density at radius 3 is 2.83 bits per heavy atom. The zero-order valence-electron chi connectivity index (χ0n) is 14.3. The molecule has 7 heteroatoms. The molecule has 1 aromatic rings. The van der Waals surface area contributed by atoms with Crippen molar-refractivity contribution >= 4 is 0 Å². The van der Waals surface area contributed by atoms with Gasteiger partial charge in [0.25, 0.3) is 0 Å². The van der Waals surface area contributed by atoms with Gasteiger partial charge < -0.3 is 18.7 Å². The van der Waals surface area contributed by atoms with Crippen molar-refractivity contribution in [3.8, 4) is 0 Å². The van der Waals surface area contributed by atoms with Crippen LogP contribution in [0.1, 0.15) is 44.3 Å². The number of hydrogen-bond donors (Lipinski definition) is 0. The van der Waals surface area contributed by atoms with Crippen LogP contribution in [0.5, 0.6) is 0 Å². The van der Waals surface area contributed by atoms with E-state index in [1.165, 1.54) is 0 Å². The predicted molar refractivity (Wildman–Crippen MR) is 83.2 cm³/mol. The smallest absolute Gasteiger partial charge is 0.229 e. The Hall–Kier alpha value is -1.02. The molecule has 0 saturated carbocycles. The van der Waals surface area contributed by atoms with Crippen LogP contribution in [-0.4, -0.2) is 66.8 Å². The fraction of sp³-hybridized carbons (Fsp3) is 0.875. The average molecular weight is 325 g/mol. The van der Waals surface area contributed by atoms with Crippen LogP contribution in [0.3, 0.4) is 0 Å². The predicted octanol–water partition coefficient (Wildman–Crippen LogP) is 1.59. The van der Waals surface area contributed by atoms with Gasteiger partial charge in [-0.15, -0.1) is 0 Å². The van der Waals surface area contributed by atoms with E-state index < -0.39 is 0 Å². The molecular weight excluding hydrogens is 298 g/mol. The van der Waals surface area contributed by atoms with Crippen LogP contribution in [0, 0.1) is 0 Å². The zero-order chi connectivity index (χ0) is 16.3. The van der Waals surface area contributed by atoms with Crippen LogP contribution in [0.4, 0.5) is 0 Å². The largest absolute Gasteiger partial charge is 0.382 e. The number of aromatic nitrogens is 2. The van der Waals surface area contributed by atoms with E-state index in [1.54, 1.807) is 7.11 Å². The SMILES string of the molecule is COC[C@H]1CN(Cc2noc(C3CCOCC3)n2)CC(C)(C)O1. The molecule has 0 N–H and O–H groups in total. The highest BCUT2D eigenvalue weighted by molar-refractivity contribution is 4.96. The van der Waals surface area contributed by atoms with E-state index in [0.717, 1.165) is 50.9 Å². The second-order valence-corrected chi connectivity index (χ2v) is 7.06. The molecule has 0 spiro atoms. The van der Waals surface area contributed by atoms with Gasteiger partial charge in [0.05, 0.1) is 24.9 Å². The van der Waals surface area contributed by atoms with Crippen LogP contribution in [0.25, 0.3) is 0 Å². The van der Waals surface area contributed by atoms with Gasteiger partial charge in [-0.05, 0) is 26.7 Å². The quantitative estimate of drug-likeness (QED) is 0.814. The summed E-state index contributed by atoms with van der Waals surface area (Å²) in [6.07, 6.45) is 2.00. The highest BCUT2D eigenvalue weighted by Gasteiger charge is 2.34. The van der Waals surface area contributed by atoms with E-state index in [2.05, 4.69) is 28.9 Å². The van der Waals surface area contributed by atoms with Gasteiger partial charge in [-0.2, -0.15) is 4.98 Å². The van der Waals surface area contributed by atoms with Crippen molar-refractivity contribution in [2.45, 2.75) is 50.9 Å². The summed E-state index contributed by atoms with van der Waals surface area (Å²) in [5, 5.41) is 4.16. The summed E-state index contributed by atoms with van der Waals surface area (Å²) < 4.78 is 22.1. The molecule has 130 valence electrons. The lowest BCUT2D eigenvalue weighted by Crippen LogP contribution is -2.53. The Morgan fingerprint density at radius 2 is 2.09 bits per heavy atom. The molecule has 1 aromatic heterocycles. The maximum atomic E-state index is 6.04. The lowest BCUT2D eigenvalue weighted by atomic mass is 10.0. The first-order valence-electron chi connectivity index (χ1n) is 8.35. The number of methoxy groups -OCH3 is 1. The van der Waals surface area contributed by atoms with Gasteiger partial charge in [0.2, 0.25) is 5.89 Å². The Bertz CT molecular complexity index is 499. The molecule has 2 aliphatic rings. The Kier molecular flexibility index (Phi) is 5.31. The van der Waals surface area contributed by atoms with Gasteiger partial charge in [0, 0.05) is 39.3 Å². The number of hydrogen-bond acceptors (Lipinski definition) is 7. The fourth-order valence-electron chi connectivity index (χ4n) is 3.45. The Balaban J connectivity index is 1.60. The van der Waals surface area contributed by atoms with E-state index in [1.807, 2.05) is 0 Å². The van der Waals surface area contributed by atoms with E-state index in [4.69, 9.17) is 18.7 Å². The first-order valence-corrected chi connectivity index (χ1v) is 8.35. The molecular formula is C16H27N3O4. The topological polar surface area (TPSA) is 69.9 Å². The maximum absolute atomic E-state index is 6.04. The maximum Gasteiger partial charge on any atom is 0.229 e. The minimum absolute atomic E-state index is 0.0746. The number of nitrogens with zero attached hydrogens (tertiary/aromatic N) is 3. The second-order valence-electron chi connectivity index (χ2n) is 7.06. The summed E-state index contributed by atoms with van der Waals surface area (Å²) >= 11 is 0. The summed E-state index contributed by atoms with van der Waals surface area (Å²) in [4.78, 5) is 6.91. The monoisotopic (exact) mass is 325 g/mol. The molecule has 0 aliphatic carbocycles. The third kappa shape index (κ3) is 4.50.